The average molecular weight is 697 g/mol. The molecule has 0 bridgehead atoms. The smallest absolute Gasteiger partial charge is 0.182 e. The van der Waals surface area contributed by atoms with Gasteiger partial charge in [0.25, 0.3) is 0 Å². The van der Waals surface area contributed by atoms with Crippen LogP contribution in [0.1, 0.15) is 27.8 Å². The average Bonchev–Trinajstić information content (AvgIpc) is 3.81. The lowest BCUT2D eigenvalue weighted by Crippen LogP contribution is -2.28. The topological polar surface area (TPSA) is 80.6 Å². The van der Waals surface area contributed by atoms with E-state index in [2.05, 4.69) is 157 Å². The highest BCUT2D eigenvalue weighted by molar-refractivity contribution is 6.00. The van der Waals surface area contributed by atoms with Gasteiger partial charge in [-0.15, -0.1) is 5.10 Å². The molecule has 0 aliphatic heterocycles. The van der Waals surface area contributed by atoms with E-state index in [0.29, 0.717) is 11.7 Å². The largest absolute Gasteiger partial charge is 0.382 e. The number of aromatic nitrogens is 3. The van der Waals surface area contributed by atoms with Crippen LogP contribution in [-0.4, -0.2) is 20.4 Å². The molecule has 2 aromatic heterocycles. The normalized spacial score (nSPS) is 13.1. The zero-order valence-corrected chi connectivity index (χ0v) is 29.5. The Balaban J connectivity index is 1.19. The van der Waals surface area contributed by atoms with E-state index in [4.69, 9.17) is 15.8 Å². The maximum absolute atomic E-state index is 6.56. The monoisotopic (exact) mass is 696 g/mol. The zero-order valence-electron chi connectivity index (χ0n) is 29.5. The fourth-order valence-electron chi connectivity index (χ4n) is 7.81. The third-order valence-electron chi connectivity index (χ3n) is 10.2. The Morgan fingerprint density at radius 1 is 0.630 bits per heavy atom. The quantitative estimate of drug-likeness (QED) is 0.0682. The van der Waals surface area contributed by atoms with Gasteiger partial charge in [-0.05, 0) is 104 Å². The third-order valence-corrected chi connectivity index (χ3v) is 10.2. The van der Waals surface area contributed by atoms with Gasteiger partial charge < -0.3 is 5.73 Å². The van der Waals surface area contributed by atoms with E-state index in [9.17, 15) is 0 Å². The molecule has 0 fully saturated rings. The van der Waals surface area contributed by atoms with Crippen molar-refractivity contribution in [3.05, 3.63) is 223 Å². The van der Waals surface area contributed by atoms with Crippen LogP contribution in [0.5, 0.6) is 0 Å². The minimum Gasteiger partial charge on any atom is -0.382 e. The van der Waals surface area contributed by atoms with Gasteiger partial charge in [-0.1, -0.05) is 134 Å². The Hall–Kier alpha value is -7.31. The molecule has 0 saturated heterocycles. The summed E-state index contributed by atoms with van der Waals surface area (Å²) in [7, 11) is 0. The van der Waals surface area contributed by atoms with Gasteiger partial charge in [0.05, 0.1) is 5.41 Å². The van der Waals surface area contributed by atoms with Crippen LogP contribution in [0.25, 0.3) is 50.4 Å². The number of nitrogens with zero attached hydrogens (tertiary/aromatic N) is 4. The molecule has 3 N–H and O–H groups in total. The lowest BCUT2D eigenvalue weighted by molar-refractivity contribution is 0.769. The number of hydrogen-bond donors (Lipinski definition) is 2. The molecule has 8 aromatic rings. The lowest BCUT2D eigenvalue weighted by Gasteiger charge is -2.34. The van der Waals surface area contributed by atoms with E-state index >= 15 is 0 Å². The summed E-state index contributed by atoms with van der Waals surface area (Å²) in [6.07, 6.45) is 7.00. The maximum Gasteiger partial charge on any atom is 0.182 e. The van der Waals surface area contributed by atoms with Gasteiger partial charge in [0.15, 0.2) is 17.3 Å². The Bertz CT molecular complexity index is 2650. The van der Waals surface area contributed by atoms with Crippen molar-refractivity contribution in [2.24, 2.45) is 10.8 Å². The van der Waals surface area contributed by atoms with E-state index in [1.807, 2.05) is 30.5 Å². The van der Waals surface area contributed by atoms with Gasteiger partial charge in [-0.3, -0.25) is 5.43 Å². The molecule has 0 unspecified atom stereocenters. The first-order valence-electron chi connectivity index (χ1n) is 17.9. The number of amidine groups is 1. The molecule has 6 nitrogen and oxygen atoms in total. The van der Waals surface area contributed by atoms with Crippen molar-refractivity contribution in [2.75, 3.05) is 0 Å². The number of nitrogens with two attached hydrogens (primary N) is 1. The number of rotatable bonds is 9. The summed E-state index contributed by atoms with van der Waals surface area (Å²) < 4.78 is 1.78. The Labute approximate surface area is 314 Å². The van der Waals surface area contributed by atoms with Gasteiger partial charge in [-0.2, -0.15) is 5.10 Å². The van der Waals surface area contributed by atoms with Crippen molar-refractivity contribution in [3.8, 4) is 44.8 Å². The van der Waals surface area contributed by atoms with E-state index in [0.717, 1.165) is 39.0 Å². The van der Waals surface area contributed by atoms with Crippen molar-refractivity contribution in [1.82, 2.24) is 20.0 Å². The van der Waals surface area contributed by atoms with E-state index in [1.165, 1.54) is 33.4 Å². The second-order valence-electron chi connectivity index (χ2n) is 13.3. The first kappa shape index (κ1) is 32.6. The van der Waals surface area contributed by atoms with Crippen molar-refractivity contribution in [2.45, 2.75) is 5.41 Å². The van der Waals surface area contributed by atoms with Crippen LogP contribution in [0.3, 0.4) is 0 Å². The molecule has 0 atom stereocenters. The van der Waals surface area contributed by atoms with Crippen LogP contribution in [0, 0.1) is 0 Å². The molecule has 54 heavy (non-hydrogen) atoms. The Kier molecular flexibility index (Phi) is 8.25. The number of allylic oxidation sites excluding steroid dienone is 2. The van der Waals surface area contributed by atoms with Crippen molar-refractivity contribution in [1.29, 1.82) is 0 Å². The Morgan fingerprint density at radius 2 is 1.28 bits per heavy atom. The summed E-state index contributed by atoms with van der Waals surface area (Å²) in [5.41, 5.74) is 23.1. The summed E-state index contributed by atoms with van der Waals surface area (Å²) in [5, 5.41) is 9.16. The van der Waals surface area contributed by atoms with Crippen LogP contribution in [0.2, 0.25) is 0 Å². The predicted molar refractivity (Wildman–Crippen MR) is 220 cm³/mol. The van der Waals surface area contributed by atoms with Gasteiger partial charge >= 0.3 is 0 Å². The molecule has 258 valence electrons. The number of pyridine rings is 1. The zero-order chi connectivity index (χ0) is 36.5. The third kappa shape index (κ3) is 5.58. The molecule has 1 aliphatic carbocycles. The van der Waals surface area contributed by atoms with Gasteiger partial charge in [0.2, 0.25) is 0 Å². The number of hydrogen-bond acceptors (Lipinski definition) is 4. The SMILES string of the molecule is C=C/C=C\N/N=C(\N)c1cc(-c2cccc(-c3ccc4c(c3)C(c3ccccc3)(c3ccccc3)c3ccccc3-4)c2)cc(-c2nc3ccccn3n2)c1. The van der Waals surface area contributed by atoms with Gasteiger partial charge in [-0.25, -0.2) is 9.50 Å². The number of fused-ring (bicyclic) bond motifs is 4. The number of nitrogens with one attached hydrogen (secondary N) is 1. The van der Waals surface area contributed by atoms with E-state index < -0.39 is 5.41 Å². The molecule has 0 spiro atoms. The minimum atomic E-state index is -0.474. The molecule has 0 saturated carbocycles. The van der Waals surface area contributed by atoms with Crippen molar-refractivity contribution < 1.29 is 0 Å². The van der Waals surface area contributed by atoms with Crippen molar-refractivity contribution >= 4 is 11.5 Å². The summed E-state index contributed by atoms with van der Waals surface area (Å²) in [5.74, 6) is 0.937. The lowest BCUT2D eigenvalue weighted by atomic mass is 9.67. The maximum atomic E-state index is 6.56. The molecule has 0 radical (unpaired) electrons. The summed E-state index contributed by atoms with van der Waals surface area (Å²) >= 11 is 0. The fraction of sp³-hybridized carbons (Fsp3) is 0.0208. The summed E-state index contributed by atoms with van der Waals surface area (Å²) in [6, 6.07) is 58.2. The highest BCUT2D eigenvalue weighted by Crippen LogP contribution is 2.56. The van der Waals surface area contributed by atoms with Crippen LogP contribution in [-0.2, 0) is 5.41 Å². The number of hydrazone groups is 1. The van der Waals surface area contributed by atoms with E-state index in [-0.39, 0.29) is 0 Å². The highest BCUT2D eigenvalue weighted by Gasteiger charge is 2.46. The number of benzene rings is 6. The standard InChI is InChI=1S/C48H36N6/c1-2-3-26-50-52-46(49)37-29-36(30-38(31-37)47-51-45-23-12-13-27-54(45)53-47)34-16-14-15-33(28-34)35-24-25-42-41-21-10-11-22-43(41)48(44(42)32-35,39-17-6-4-7-18-39)40-19-8-5-9-20-40/h2-32,50H,1H2,(H2,49,52)/b26-3-. The second kappa shape index (κ2) is 13.7. The molecular weight excluding hydrogens is 661 g/mol. The van der Waals surface area contributed by atoms with Crippen LogP contribution in [0.4, 0.5) is 0 Å². The summed E-state index contributed by atoms with van der Waals surface area (Å²) in [4.78, 5) is 4.82. The first-order valence-corrected chi connectivity index (χ1v) is 17.9. The molecule has 2 heterocycles. The molecule has 6 aromatic carbocycles. The van der Waals surface area contributed by atoms with Crippen LogP contribution in [0.15, 0.2) is 200 Å². The van der Waals surface area contributed by atoms with E-state index in [1.54, 1.807) is 22.9 Å². The van der Waals surface area contributed by atoms with Crippen LogP contribution < -0.4 is 11.2 Å². The molecule has 0 amide bonds. The van der Waals surface area contributed by atoms with Crippen LogP contribution >= 0.6 is 0 Å². The predicted octanol–water partition coefficient (Wildman–Crippen LogP) is 10.0. The highest BCUT2D eigenvalue weighted by atomic mass is 15.3. The molecule has 6 heteroatoms. The molecule has 1 aliphatic rings. The molecular formula is C48H36N6. The Morgan fingerprint density at radius 3 is 2.04 bits per heavy atom. The first-order chi connectivity index (χ1) is 26.6. The van der Waals surface area contributed by atoms with Gasteiger partial charge in [0, 0.05) is 23.5 Å². The second-order valence-corrected chi connectivity index (χ2v) is 13.3. The van der Waals surface area contributed by atoms with Gasteiger partial charge in [0.1, 0.15) is 0 Å². The fourth-order valence-corrected chi connectivity index (χ4v) is 7.81. The molecule has 9 rings (SSSR count). The minimum absolute atomic E-state index is 0.336. The summed E-state index contributed by atoms with van der Waals surface area (Å²) in [6.45, 7) is 3.71. The van der Waals surface area contributed by atoms with Crippen molar-refractivity contribution in [3.63, 3.8) is 0 Å².